The summed E-state index contributed by atoms with van der Waals surface area (Å²) >= 11 is 5.59. The van der Waals surface area contributed by atoms with Gasteiger partial charge in [-0.1, -0.05) is 11.6 Å². The molecule has 33 heavy (non-hydrogen) atoms. The highest BCUT2D eigenvalue weighted by atomic mass is 35.5. The van der Waals surface area contributed by atoms with Crippen LogP contribution in [0.4, 0.5) is 17.6 Å². The molecular formula is C19H14ClF4N5O3S. The standard InChI is InChI=1S/C19H14ClF4N5O3S/c20-14-6-12(3-4-15(14)21)33(31,32)29-8-11-7-27-17(10-26-11)18(30)28-9-16-13(19(22,23)24)2-1-5-25-16/h1-7,10,29H,8-9H2,(H,28,30). The number of benzene rings is 1. The number of sulfonamides is 1. The van der Waals surface area contributed by atoms with Crippen LogP contribution in [0.1, 0.15) is 27.4 Å². The van der Waals surface area contributed by atoms with E-state index in [0.717, 1.165) is 42.7 Å². The SMILES string of the molecule is O=C(NCc1ncccc1C(F)(F)F)c1cnc(CNS(=O)(=O)c2ccc(F)c(Cl)c2)cn1. The molecule has 174 valence electrons. The molecule has 14 heteroatoms. The number of hydrogen-bond donors (Lipinski definition) is 2. The quantitative estimate of drug-likeness (QED) is 0.479. The predicted octanol–water partition coefficient (Wildman–Crippen LogP) is 3.09. The fraction of sp³-hybridized carbons (Fsp3) is 0.158. The summed E-state index contributed by atoms with van der Waals surface area (Å²) in [6.07, 6.45) is -1.29. The number of nitrogens with one attached hydrogen (secondary N) is 2. The Bertz CT molecular complexity index is 1270. The molecule has 0 unspecified atom stereocenters. The lowest BCUT2D eigenvalue weighted by atomic mass is 10.2. The second-order valence-electron chi connectivity index (χ2n) is 6.47. The Morgan fingerprint density at radius 3 is 2.45 bits per heavy atom. The minimum absolute atomic E-state index is 0.146. The summed E-state index contributed by atoms with van der Waals surface area (Å²) < 4.78 is 79.0. The Morgan fingerprint density at radius 1 is 1.06 bits per heavy atom. The minimum Gasteiger partial charge on any atom is -0.345 e. The monoisotopic (exact) mass is 503 g/mol. The first-order valence-corrected chi connectivity index (χ1v) is 10.9. The molecule has 0 radical (unpaired) electrons. The van der Waals surface area contributed by atoms with E-state index in [-0.39, 0.29) is 33.5 Å². The van der Waals surface area contributed by atoms with Gasteiger partial charge in [-0.25, -0.2) is 22.5 Å². The van der Waals surface area contributed by atoms with E-state index in [1.165, 1.54) is 6.20 Å². The van der Waals surface area contributed by atoms with Crippen molar-refractivity contribution in [2.45, 2.75) is 24.2 Å². The lowest BCUT2D eigenvalue weighted by Crippen LogP contribution is -2.27. The number of pyridine rings is 1. The van der Waals surface area contributed by atoms with Gasteiger partial charge in [0.2, 0.25) is 10.0 Å². The molecule has 2 N–H and O–H groups in total. The Morgan fingerprint density at radius 2 is 1.82 bits per heavy atom. The van der Waals surface area contributed by atoms with E-state index in [2.05, 4.69) is 25.0 Å². The number of carbonyl (C=O) groups excluding carboxylic acids is 1. The van der Waals surface area contributed by atoms with Gasteiger partial charge in [-0.3, -0.25) is 14.8 Å². The predicted molar refractivity (Wildman–Crippen MR) is 108 cm³/mol. The van der Waals surface area contributed by atoms with Crippen LogP contribution in [-0.2, 0) is 29.3 Å². The maximum atomic E-state index is 13.2. The number of rotatable bonds is 7. The molecule has 3 aromatic rings. The van der Waals surface area contributed by atoms with Crippen LogP contribution >= 0.6 is 11.6 Å². The van der Waals surface area contributed by atoms with Gasteiger partial charge in [0.15, 0.2) is 0 Å². The normalized spacial score (nSPS) is 11.9. The van der Waals surface area contributed by atoms with E-state index in [9.17, 15) is 30.8 Å². The molecule has 0 aliphatic carbocycles. The maximum absolute atomic E-state index is 13.2. The van der Waals surface area contributed by atoms with Crippen LogP contribution in [0.2, 0.25) is 5.02 Å². The van der Waals surface area contributed by atoms with Gasteiger partial charge in [-0.2, -0.15) is 13.2 Å². The lowest BCUT2D eigenvalue weighted by molar-refractivity contribution is -0.138. The van der Waals surface area contributed by atoms with E-state index >= 15 is 0 Å². The van der Waals surface area contributed by atoms with Gasteiger partial charge in [0.25, 0.3) is 5.91 Å². The molecule has 0 bridgehead atoms. The first kappa shape index (κ1) is 24.5. The van der Waals surface area contributed by atoms with E-state index in [1.807, 2.05) is 0 Å². The van der Waals surface area contributed by atoms with Crippen LogP contribution in [0.3, 0.4) is 0 Å². The number of aromatic nitrogens is 3. The Hall–Kier alpha value is -3.16. The molecule has 8 nitrogen and oxygen atoms in total. The van der Waals surface area contributed by atoms with Crippen LogP contribution in [0.15, 0.2) is 53.8 Å². The summed E-state index contributed by atoms with van der Waals surface area (Å²) in [5.41, 5.74) is -1.39. The van der Waals surface area contributed by atoms with Gasteiger partial charge < -0.3 is 5.32 Å². The number of amides is 1. The van der Waals surface area contributed by atoms with Crippen molar-refractivity contribution in [3.8, 4) is 0 Å². The third-order valence-corrected chi connectivity index (χ3v) is 5.88. The Labute approximate surface area is 190 Å². The van der Waals surface area contributed by atoms with Crippen molar-refractivity contribution in [3.63, 3.8) is 0 Å². The largest absolute Gasteiger partial charge is 0.418 e. The molecule has 2 aromatic heterocycles. The molecule has 1 aromatic carbocycles. The topological polar surface area (TPSA) is 114 Å². The molecule has 2 heterocycles. The Balaban J connectivity index is 1.61. The third kappa shape index (κ3) is 6.21. The van der Waals surface area contributed by atoms with Gasteiger partial charge in [-0.05, 0) is 30.3 Å². The van der Waals surface area contributed by atoms with Crippen LogP contribution in [0, 0.1) is 5.82 Å². The molecule has 0 atom stereocenters. The highest BCUT2D eigenvalue weighted by Crippen LogP contribution is 2.30. The van der Waals surface area contributed by atoms with Crippen LogP contribution in [0.25, 0.3) is 0 Å². The third-order valence-electron chi connectivity index (χ3n) is 4.19. The second-order valence-corrected chi connectivity index (χ2v) is 8.65. The van der Waals surface area contributed by atoms with Crippen molar-refractivity contribution in [1.29, 1.82) is 0 Å². The summed E-state index contributed by atoms with van der Waals surface area (Å²) in [5, 5.41) is 1.92. The minimum atomic E-state index is -4.62. The zero-order valence-electron chi connectivity index (χ0n) is 16.4. The fourth-order valence-electron chi connectivity index (χ4n) is 2.55. The molecule has 1 amide bonds. The fourth-order valence-corrected chi connectivity index (χ4v) is 3.82. The summed E-state index contributed by atoms with van der Waals surface area (Å²) in [5.74, 6) is -1.57. The van der Waals surface area contributed by atoms with Crippen molar-refractivity contribution in [2.24, 2.45) is 0 Å². The maximum Gasteiger partial charge on any atom is 0.418 e. The van der Waals surface area contributed by atoms with Crippen molar-refractivity contribution >= 4 is 27.5 Å². The van der Waals surface area contributed by atoms with Crippen LogP contribution in [-0.4, -0.2) is 29.3 Å². The molecule has 0 aliphatic heterocycles. The molecule has 0 saturated carbocycles. The summed E-state index contributed by atoms with van der Waals surface area (Å²) in [6.45, 7) is -0.785. The van der Waals surface area contributed by atoms with Crippen molar-refractivity contribution in [3.05, 3.63) is 82.4 Å². The van der Waals surface area contributed by atoms with Gasteiger partial charge >= 0.3 is 6.18 Å². The average Bonchev–Trinajstić information content (AvgIpc) is 2.78. The summed E-state index contributed by atoms with van der Waals surface area (Å²) in [7, 11) is -4.03. The van der Waals surface area contributed by atoms with E-state index in [0.29, 0.717) is 0 Å². The summed E-state index contributed by atoms with van der Waals surface area (Å²) in [4.78, 5) is 23.3. The molecule has 0 saturated heterocycles. The van der Waals surface area contributed by atoms with Gasteiger partial charge in [-0.15, -0.1) is 0 Å². The molecule has 3 rings (SSSR count). The van der Waals surface area contributed by atoms with E-state index in [1.54, 1.807) is 0 Å². The van der Waals surface area contributed by atoms with Gasteiger partial charge in [0.05, 0.1) is 52.4 Å². The van der Waals surface area contributed by atoms with Crippen molar-refractivity contribution in [1.82, 2.24) is 25.0 Å². The van der Waals surface area contributed by atoms with Gasteiger partial charge in [0.1, 0.15) is 11.5 Å². The first-order valence-electron chi connectivity index (χ1n) is 9.02. The zero-order chi connectivity index (χ0) is 24.2. The van der Waals surface area contributed by atoms with Crippen LogP contribution in [0.5, 0.6) is 0 Å². The zero-order valence-corrected chi connectivity index (χ0v) is 18.0. The summed E-state index contributed by atoms with van der Waals surface area (Å²) in [6, 6.07) is 4.88. The number of alkyl halides is 3. The van der Waals surface area contributed by atoms with Crippen LogP contribution < -0.4 is 10.0 Å². The van der Waals surface area contributed by atoms with E-state index in [4.69, 9.17) is 11.6 Å². The molecular weight excluding hydrogens is 490 g/mol. The number of hydrogen-bond acceptors (Lipinski definition) is 6. The molecule has 0 fully saturated rings. The molecule has 0 spiro atoms. The number of carbonyl (C=O) groups is 1. The number of halogens is 5. The Kier molecular flexibility index (Phi) is 7.25. The lowest BCUT2D eigenvalue weighted by Gasteiger charge is -2.12. The number of nitrogens with zero attached hydrogens (tertiary/aromatic N) is 3. The molecule has 0 aliphatic rings. The van der Waals surface area contributed by atoms with E-state index < -0.39 is 40.0 Å². The van der Waals surface area contributed by atoms with Crippen molar-refractivity contribution in [2.75, 3.05) is 0 Å². The second kappa shape index (κ2) is 9.77. The van der Waals surface area contributed by atoms with Gasteiger partial charge in [0, 0.05) is 6.20 Å². The highest BCUT2D eigenvalue weighted by Gasteiger charge is 2.33. The highest BCUT2D eigenvalue weighted by molar-refractivity contribution is 7.89. The van der Waals surface area contributed by atoms with Crippen molar-refractivity contribution < 1.29 is 30.8 Å². The first-order chi connectivity index (χ1) is 15.5. The smallest absolute Gasteiger partial charge is 0.345 e. The average molecular weight is 504 g/mol.